The molecule has 180 valence electrons. The fourth-order valence-electron chi connectivity index (χ4n) is 5.23. The van der Waals surface area contributed by atoms with Gasteiger partial charge in [-0.3, -0.25) is 4.79 Å². The van der Waals surface area contributed by atoms with E-state index in [2.05, 4.69) is 50.2 Å². The number of hydrogen-bond donors (Lipinski definition) is 0. The van der Waals surface area contributed by atoms with Crippen LogP contribution in [-0.2, 0) is 17.6 Å². The van der Waals surface area contributed by atoms with Crippen molar-refractivity contribution < 1.29 is 9.53 Å². The van der Waals surface area contributed by atoms with Gasteiger partial charge in [0, 0.05) is 6.42 Å². The molecule has 3 rings (SSSR count). The maximum absolute atomic E-state index is 12.3. The van der Waals surface area contributed by atoms with E-state index >= 15 is 0 Å². The predicted molar refractivity (Wildman–Crippen MR) is 139 cm³/mol. The summed E-state index contributed by atoms with van der Waals surface area (Å²) in [6.07, 6.45) is 16.9. The van der Waals surface area contributed by atoms with Crippen LogP contribution in [0.2, 0.25) is 0 Å². The zero-order chi connectivity index (χ0) is 23.3. The lowest BCUT2D eigenvalue weighted by Crippen LogP contribution is -2.13. The first-order valence-electron chi connectivity index (χ1n) is 13.6. The van der Waals surface area contributed by atoms with Crippen LogP contribution in [0.4, 0.5) is 0 Å². The van der Waals surface area contributed by atoms with Crippen molar-refractivity contribution in [3.05, 3.63) is 65.2 Å². The van der Waals surface area contributed by atoms with Gasteiger partial charge in [-0.2, -0.15) is 0 Å². The molecule has 2 heteroatoms. The fraction of sp³-hybridized carbons (Fsp3) is 0.581. The van der Waals surface area contributed by atoms with Gasteiger partial charge in [0.05, 0.1) is 0 Å². The minimum absolute atomic E-state index is 0.152. The van der Waals surface area contributed by atoms with Crippen LogP contribution in [0.3, 0.4) is 0 Å². The first-order valence-corrected chi connectivity index (χ1v) is 13.6. The van der Waals surface area contributed by atoms with Crippen molar-refractivity contribution in [2.45, 2.75) is 110 Å². The molecular weight excluding hydrogens is 404 g/mol. The van der Waals surface area contributed by atoms with Gasteiger partial charge in [-0.05, 0) is 85.6 Å². The van der Waals surface area contributed by atoms with Gasteiger partial charge in [-0.1, -0.05) is 88.8 Å². The summed E-state index contributed by atoms with van der Waals surface area (Å²) in [5.74, 6) is 2.17. The van der Waals surface area contributed by atoms with Crippen LogP contribution in [0.5, 0.6) is 5.75 Å². The molecule has 1 aliphatic carbocycles. The van der Waals surface area contributed by atoms with E-state index in [-0.39, 0.29) is 5.97 Å². The normalized spacial score (nSPS) is 18.2. The Labute approximate surface area is 202 Å². The predicted octanol–water partition coefficient (Wildman–Crippen LogP) is 8.81. The minimum atomic E-state index is -0.152. The Morgan fingerprint density at radius 3 is 2.06 bits per heavy atom. The van der Waals surface area contributed by atoms with Gasteiger partial charge in [-0.25, -0.2) is 0 Å². The number of unbranched alkanes of at least 4 members (excludes halogenated alkanes) is 4. The molecule has 0 aromatic heterocycles. The lowest BCUT2D eigenvalue weighted by Gasteiger charge is -2.28. The molecule has 1 saturated carbocycles. The SMILES string of the molecule is CCCCCCCc1ccc(OC(=O)CCc2ccc(C3CCC(CCC)CC3)cc2)cc1. The van der Waals surface area contributed by atoms with Crippen molar-refractivity contribution in [3.8, 4) is 5.75 Å². The number of esters is 1. The maximum atomic E-state index is 12.3. The van der Waals surface area contributed by atoms with E-state index in [0.717, 1.165) is 24.7 Å². The van der Waals surface area contributed by atoms with Gasteiger partial charge in [0.2, 0.25) is 0 Å². The van der Waals surface area contributed by atoms with E-state index in [9.17, 15) is 4.79 Å². The van der Waals surface area contributed by atoms with Gasteiger partial charge in [0.25, 0.3) is 0 Å². The van der Waals surface area contributed by atoms with Crippen molar-refractivity contribution in [2.24, 2.45) is 5.92 Å². The highest BCUT2D eigenvalue weighted by Gasteiger charge is 2.21. The van der Waals surface area contributed by atoms with Crippen molar-refractivity contribution in [1.82, 2.24) is 0 Å². The monoisotopic (exact) mass is 448 g/mol. The third-order valence-corrected chi connectivity index (χ3v) is 7.34. The number of benzene rings is 2. The smallest absolute Gasteiger partial charge is 0.311 e. The number of ether oxygens (including phenoxy) is 1. The number of aryl methyl sites for hydroxylation is 2. The number of carbonyl (C=O) groups excluding carboxylic acids is 1. The molecule has 0 bridgehead atoms. The summed E-state index contributed by atoms with van der Waals surface area (Å²) < 4.78 is 5.56. The fourth-order valence-corrected chi connectivity index (χ4v) is 5.23. The molecule has 0 N–H and O–H groups in total. The van der Waals surface area contributed by atoms with Crippen LogP contribution >= 0.6 is 0 Å². The lowest BCUT2D eigenvalue weighted by molar-refractivity contribution is -0.134. The van der Waals surface area contributed by atoms with E-state index in [4.69, 9.17) is 4.74 Å². The molecular formula is C31H44O2. The third-order valence-electron chi connectivity index (χ3n) is 7.34. The molecule has 2 aromatic rings. The van der Waals surface area contributed by atoms with E-state index in [1.807, 2.05) is 12.1 Å². The Morgan fingerprint density at radius 1 is 0.758 bits per heavy atom. The number of hydrogen-bond acceptors (Lipinski definition) is 2. The van der Waals surface area contributed by atoms with Gasteiger partial charge in [0.1, 0.15) is 5.75 Å². The summed E-state index contributed by atoms with van der Waals surface area (Å²) in [4.78, 5) is 12.3. The van der Waals surface area contributed by atoms with Gasteiger partial charge in [-0.15, -0.1) is 0 Å². The van der Waals surface area contributed by atoms with Crippen LogP contribution in [0.25, 0.3) is 0 Å². The molecule has 2 aromatic carbocycles. The zero-order valence-electron chi connectivity index (χ0n) is 21.0. The molecule has 0 spiro atoms. The first-order chi connectivity index (χ1) is 16.2. The Balaban J connectivity index is 1.36. The Kier molecular flexibility index (Phi) is 11.0. The summed E-state index contributed by atoms with van der Waals surface area (Å²) in [6.45, 7) is 4.54. The third kappa shape index (κ3) is 8.99. The Bertz CT molecular complexity index is 798. The van der Waals surface area contributed by atoms with Crippen LogP contribution in [-0.4, -0.2) is 5.97 Å². The van der Waals surface area contributed by atoms with Crippen LogP contribution in [0.1, 0.15) is 114 Å². The molecule has 0 saturated heterocycles. The van der Waals surface area contributed by atoms with Gasteiger partial charge in [0.15, 0.2) is 0 Å². The van der Waals surface area contributed by atoms with Crippen LogP contribution < -0.4 is 4.74 Å². The van der Waals surface area contributed by atoms with E-state index in [1.54, 1.807) is 0 Å². The average molecular weight is 449 g/mol. The van der Waals surface area contributed by atoms with E-state index < -0.39 is 0 Å². The highest BCUT2D eigenvalue weighted by Crippen LogP contribution is 2.37. The largest absolute Gasteiger partial charge is 0.427 e. The second kappa shape index (κ2) is 14.2. The first kappa shape index (κ1) is 25.5. The van der Waals surface area contributed by atoms with Gasteiger partial charge >= 0.3 is 5.97 Å². The van der Waals surface area contributed by atoms with Crippen molar-refractivity contribution in [3.63, 3.8) is 0 Å². The number of carbonyl (C=O) groups is 1. The average Bonchev–Trinajstić information content (AvgIpc) is 2.85. The zero-order valence-corrected chi connectivity index (χ0v) is 21.0. The molecule has 1 aliphatic rings. The standard InChI is InChI=1S/C31H44O2/c1-3-5-6-7-8-10-26-15-22-30(23-16-26)33-31(32)24-17-27-13-20-29(21-14-27)28-18-11-25(9-4-2)12-19-28/h13-16,20-23,25,28H,3-12,17-19,24H2,1-2H3. The summed E-state index contributed by atoms with van der Waals surface area (Å²) >= 11 is 0. The maximum Gasteiger partial charge on any atom is 0.311 e. The molecule has 0 radical (unpaired) electrons. The molecule has 0 unspecified atom stereocenters. The quantitative estimate of drug-likeness (QED) is 0.174. The molecule has 2 nitrogen and oxygen atoms in total. The van der Waals surface area contributed by atoms with E-state index in [1.165, 1.54) is 87.3 Å². The van der Waals surface area contributed by atoms with Crippen molar-refractivity contribution in [2.75, 3.05) is 0 Å². The number of rotatable bonds is 13. The molecule has 0 heterocycles. The summed E-state index contributed by atoms with van der Waals surface area (Å²) in [6, 6.07) is 17.0. The Hall–Kier alpha value is -2.09. The topological polar surface area (TPSA) is 26.3 Å². The van der Waals surface area contributed by atoms with E-state index in [0.29, 0.717) is 12.2 Å². The highest BCUT2D eigenvalue weighted by atomic mass is 16.5. The van der Waals surface area contributed by atoms with Crippen molar-refractivity contribution >= 4 is 5.97 Å². The molecule has 33 heavy (non-hydrogen) atoms. The lowest BCUT2D eigenvalue weighted by atomic mass is 9.77. The molecule has 0 amide bonds. The second-order valence-corrected chi connectivity index (χ2v) is 10.0. The van der Waals surface area contributed by atoms with Gasteiger partial charge < -0.3 is 4.74 Å². The summed E-state index contributed by atoms with van der Waals surface area (Å²) in [7, 11) is 0. The van der Waals surface area contributed by atoms with Crippen molar-refractivity contribution in [1.29, 1.82) is 0 Å². The summed E-state index contributed by atoms with van der Waals surface area (Å²) in [5, 5.41) is 0. The Morgan fingerprint density at radius 2 is 1.39 bits per heavy atom. The van der Waals surface area contributed by atoms with Crippen LogP contribution in [0, 0.1) is 5.92 Å². The molecule has 0 atom stereocenters. The second-order valence-electron chi connectivity index (χ2n) is 10.0. The molecule has 1 fully saturated rings. The van der Waals surface area contributed by atoms with Crippen LogP contribution in [0.15, 0.2) is 48.5 Å². The minimum Gasteiger partial charge on any atom is -0.427 e. The molecule has 0 aliphatic heterocycles. The summed E-state index contributed by atoms with van der Waals surface area (Å²) in [5.41, 5.74) is 4.01. The highest BCUT2D eigenvalue weighted by molar-refractivity contribution is 5.72.